The summed E-state index contributed by atoms with van der Waals surface area (Å²) < 4.78 is 6.89. The lowest BCUT2D eigenvalue weighted by Gasteiger charge is -2.04. The Balaban J connectivity index is 1.79. The lowest BCUT2D eigenvalue weighted by molar-refractivity contribution is 0.0970. The van der Waals surface area contributed by atoms with Gasteiger partial charge in [0, 0.05) is 16.3 Å². The first-order valence-corrected chi connectivity index (χ1v) is 8.36. The first kappa shape index (κ1) is 16.5. The monoisotopic (exact) mass is 367 g/mol. The van der Waals surface area contributed by atoms with Crippen molar-refractivity contribution in [1.29, 1.82) is 0 Å². The fourth-order valence-corrected chi connectivity index (χ4v) is 3.12. The average Bonchev–Trinajstić information content (AvgIpc) is 2.97. The van der Waals surface area contributed by atoms with E-state index in [0.29, 0.717) is 21.8 Å². The molecule has 0 bridgehead atoms. The first-order chi connectivity index (χ1) is 12.4. The number of pyridine rings is 1. The number of furan rings is 1. The molecular weight excluding hydrogens is 354 g/mol. The van der Waals surface area contributed by atoms with Crippen LogP contribution in [0.25, 0.3) is 22.2 Å². The van der Waals surface area contributed by atoms with Crippen LogP contribution in [0.5, 0.6) is 0 Å². The molecule has 0 amide bonds. The molecule has 0 atom stereocenters. The van der Waals surface area contributed by atoms with Crippen molar-refractivity contribution in [3.05, 3.63) is 68.9 Å². The predicted molar refractivity (Wildman–Crippen MR) is 98.8 cm³/mol. The Hall–Kier alpha value is -2.99. The van der Waals surface area contributed by atoms with Crippen LogP contribution < -0.4 is 5.56 Å². The van der Waals surface area contributed by atoms with E-state index in [1.807, 2.05) is 19.9 Å². The van der Waals surface area contributed by atoms with Gasteiger partial charge in [0.25, 0.3) is 5.56 Å². The van der Waals surface area contributed by atoms with E-state index >= 15 is 0 Å². The van der Waals surface area contributed by atoms with Crippen LogP contribution in [0, 0.1) is 13.8 Å². The van der Waals surface area contributed by atoms with Gasteiger partial charge in [0.05, 0.1) is 18.3 Å². The molecule has 1 aromatic carbocycles. The summed E-state index contributed by atoms with van der Waals surface area (Å²) in [6.45, 7) is 3.64. The lowest BCUT2D eigenvalue weighted by Crippen LogP contribution is -2.24. The number of halogens is 1. The maximum atomic E-state index is 12.7. The van der Waals surface area contributed by atoms with Crippen LogP contribution in [-0.2, 0) is 6.54 Å². The van der Waals surface area contributed by atoms with Gasteiger partial charge in [-0.15, -0.1) is 0 Å². The molecule has 0 fully saturated rings. The topological polar surface area (TPSA) is 78.0 Å². The number of fused-ring (bicyclic) bond motifs is 3. The van der Waals surface area contributed by atoms with Gasteiger partial charge in [0.15, 0.2) is 5.78 Å². The van der Waals surface area contributed by atoms with Crippen molar-refractivity contribution < 1.29 is 9.21 Å². The minimum atomic E-state index is -0.410. The Morgan fingerprint density at radius 1 is 1.23 bits per heavy atom. The second-order valence-corrected chi connectivity index (χ2v) is 6.58. The fourth-order valence-electron chi connectivity index (χ4n) is 3.00. The van der Waals surface area contributed by atoms with E-state index in [0.717, 1.165) is 16.6 Å². The summed E-state index contributed by atoms with van der Waals surface area (Å²) in [6, 6.07) is 8.43. The third-order valence-electron chi connectivity index (χ3n) is 4.22. The Labute approximate surface area is 153 Å². The van der Waals surface area contributed by atoms with Crippen LogP contribution in [0.1, 0.15) is 21.6 Å². The molecular formula is C19H14ClN3O3. The number of aromatic nitrogens is 3. The second kappa shape index (κ2) is 6.07. The normalized spacial score (nSPS) is 11.3. The molecule has 0 saturated carbocycles. The average molecular weight is 368 g/mol. The molecule has 0 radical (unpaired) electrons. The first-order valence-electron chi connectivity index (χ1n) is 7.98. The number of hydrogen-bond acceptors (Lipinski definition) is 5. The van der Waals surface area contributed by atoms with Crippen LogP contribution in [0.4, 0.5) is 0 Å². The Morgan fingerprint density at radius 2 is 1.96 bits per heavy atom. The molecule has 0 N–H and O–H groups in total. The molecule has 0 aliphatic carbocycles. The molecule has 3 heterocycles. The summed E-state index contributed by atoms with van der Waals surface area (Å²) in [5, 5.41) is 1.26. The summed E-state index contributed by atoms with van der Waals surface area (Å²) >= 11 is 5.83. The zero-order valence-electron chi connectivity index (χ0n) is 14.1. The van der Waals surface area contributed by atoms with Crippen molar-refractivity contribution in [2.24, 2.45) is 0 Å². The zero-order valence-corrected chi connectivity index (χ0v) is 14.9. The van der Waals surface area contributed by atoms with Gasteiger partial charge in [-0.25, -0.2) is 9.97 Å². The van der Waals surface area contributed by atoms with Gasteiger partial charge in [0.2, 0.25) is 11.3 Å². The van der Waals surface area contributed by atoms with Crippen LogP contribution in [0.15, 0.2) is 45.9 Å². The van der Waals surface area contributed by atoms with Gasteiger partial charge in [-0.05, 0) is 49.7 Å². The van der Waals surface area contributed by atoms with Crippen molar-refractivity contribution in [3.8, 4) is 0 Å². The summed E-state index contributed by atoms with van der Waals surface area (Å²) in [6.07, 6.45) is 1.37. The highest BCUT2D eigenvalue weighted by atomic mass is 35.5. The number of hydrogen-bond donors (Lipinski definition) is 0. The van der Waals surface area contributed by atoms with E-state index in [4.69, 9.17) is 16.0 Å². The summed E-state index contributed by atoms with van der Waals surface area (Å²) in [5.41, 5.74) is 2.74. The maximum absolute atomic E-state index is 12.7. The Bertz CT molecular complexity index is 1220. The molecule has 0 unspecified atom stereocenters. The number of aryl methyl sites for hydroxylation is 2. The number of benzene rings is 1. The Morgan fingerprint density at radius 3 is 2.69 bits per heavy atom. The molecule has 3 aromatic heterocycles. The van der Waals surface area contributed by atoms with Crippen molar-refractivity contribution in [2.45, 2.75) is 20.4 Å². The molecule has 0 spiro atoms. The highest BCUT2D eigenvalue weighted by Gasteiger charge is 2.18. The molecule has 0 aliphatic heterocycles. The molecule has 4 aromatic rings. The standard InChI is InChI=1S/C19H14ClN3O3/c1-10-7-11(2)22-18-15(10)16-17(26-18)19(25)23(9-21-16)8-14(24)12-3-5-13(20)6-4-12/h3-7,9H,8H2,1-2H3. The van der Waals surface area contributed by atoms with Gasteiger partial charge in [0.1, 0.15) is 5.52 Å². The van der Waals surface area contributed by atoms with Gasteiger partial charge < -0.3 is 4.42 Å². The highest BCUT2D eigenvalue weighted by Crippen LogP contribution is 2.26. The van der Waals surface area contributed by atoms with Gasteiger partial charge >= 0.3 is 0 Å². The summed E-state index contributed by atoms with van der Waals surface area (Å²) in [7, 11) is 0. The molecule has 6 nitrogen and oxygen atoms in total. The number of carbonyl (C=O) groups is 1. The predicted octanol–water partition coefficient (Wildman–Crippen LogP) is 3.69. The van der Waals surface area contributed by atoms with Gasteiger partial charge in [-0.2, -0.15) is 0 Å². The second-order valence-electron chi connectivity index (χ2n) is 6.15. The maximum Gasteiger partial charge on any atom is 0.297 e. The SMILES string of the molecule is Cc1cc(C)c2c(n1)oc1c(=O)n(CC(=O)c3ccc(Cl)cc3)cnc12. The Kier molecular flexibility index (Phi) is 3.85. The third-order valence-corrected chi connectivity index (χ3v) is 4.48. The molecule has 130 valence electrons. The number of rotatable bonds is 3. The number of Topliss-reactive ketones (excluding diaryl/α,β-unsaturated/α-hetero) is 1. The minimum absolute atomic E-state index is 0.104. The van der Waals surface area contributed by atoms with Crippen LogP contribution in [0.2, 0.25) is 5.02 Å². The smallest absolute Gasteiger partial charge is 0.297 e. The quantitative estimate of drug-likeness (QED) is 0.516. The molecule has 4 rings (SSSR count). The van der Waals surface area contributed by atoms with E-state index in [1.54, 1.807) is 24.3 Å². The van der Waals surface area contributed by atoms with E-state index in [2.05, 4.69) is 9.97 Å². The van der Waals surface area contributed by atoms with Gasteiger partial charge in [-0.1, -0.05) is 11.6 Å². The minimum Gasteiger partial charge on any atom is -0.430 e. The molecule has 0 aliphatic rings. The van der Waals surface area contributed by atoms with Crippen LogP contribution >= 0.6 is 11.6 Å². The van der Waals surface area contributed by atoms with E-state index in [9.17, 15) is 9.59 Å². The number of ketones is 1. The van der Waals surface area contributed by atoms with E-state index in [-0.39, 0.29) is 17.9 Å². The van der Waals surface area contributed by atoms with E-state index in [1.165, 1.54) is 10.9 Å². The largest absolute Gasteiger partial charge is 0.430 e. The highest BCUT2D eigenvalue weighted by molar-refractivity contribution is 6.30. The number of carbonyl (C=O) groups excluding carboxylic acids is 1. The fraction of sp³-hybridized carbons (Fsp3) is 0.158. The van der Waals surface area contributed by atoms with Crippen molar-refractivity contribution in [1.82, 2.24) is 14.5 Å². The number of nitrogens with zero attached hydrogens (tertiary/aromatic N) is 3. The molecule has 26 heavy (non-hydrogen) atoms. The molecule has 7 heteroatoms. The lowest BCUT2D eigenvalue weighted by atomic mass is 10.1. The molecule has 0 saturated heterocycles. The summed E-state index contributed by atoms with van der Waals surface area (Å²) in [5.74, 6) is -0.217. The van der Waals surface area contributed by atoms with Gasteiger partial charge in [-0.3, -0.25) is 14.2 Å². The van der Waals surface area contributed by atoms with E-state index < -0.39 is 5.56 Å². The van der Waals surface area contributed by atoms with Crippen molar-refractivity contribution in [2.75, 3.05) is 0 Å². The van der Waals surface area contributed by atoms with Crippen LogP contribution in [-0.4, -0.2) is 20.3 Å². The summed E-state index contributed by atoms with van der Waals surface area (Å²) in [4.78, 5) is 33.8. The van der Waals surface area contributed by atoms with Crippen LogP contribution in [0.3, 0.4) is 0 Å². The van der Waals surface area contributed by atoms with Crippen molar-refractivity contribution >= 4 is 39.6 Å². The zero-order chi connectivity index (χ0) is 18.4. The third kappa shape index (κ3) is 2.68. The van der Waals surface area contributed by atoms with Crippen molar-refractivity contribution in [3.63, 3.8) is 0 Å².